The summed E-state index contributed by atoms with van der Waals surface area (Å²) < 4.78 is 101. The Labute approximate surface area is 240 Å². The molecule has 1 aromatic rings. The van der Waals surface area contributed by atoms with Crippen molar-refractivity contribution in [3.63, 3.8) is 0 Å². The van der Waals surface area contributed by atoms with Gasteiger partial charge in [0.15, 0.2) is 0 Å². The summed E-state index contributed by atoms with van der Waals surface area (Å²) in [7, 11) is -3.91. The van der Waals surface area contributed by atoms with Crippen LogP contribution >= 0.6 is 24.0 Å². The number of benzene rings is 1. The van der Waals surface area contributed by atoms with Gasteiger partial charge in [0.05, 0.1) is 17.4 Å². The van der Waals surface area contributed by atoms with Crippen LogP contribution in [0, 0.1) is 11.8 Å². The molecule has 3 fully saturated rings. The zero-order valence-electron chi connectivity index (χ0n) is 20.9. The van der Waals surface area contributed by atoms with Gasteiger partial charge in [0.1, 0.15) is 0 Å². The molecule has 2 amide bonds. The van der Waals surface area contributed by atoms with E-state index in [4.69, 9.17) is 0 Å². The smallest absolute Gasteiger partial charge is 0.355 e. The molecule has 3 aliphatic rings. The van der Waals surface area contributed by atoms with Crippen LogP contribution in [0.25, 0.3) is 0 Å². The van der Waals surface area contributed by atoms with E-state index in [2.05, 4.69) is 5.32 Å². The van der Waals surface area contributed by atoms with Crippen LogP contribution < -0.4 is 5.32 Å². The Morgan fingerprint density at radius 1 is 0.923 bits per heavy atom. The molecular weight excluding hydrogens is 669 g/mol. The zero-order chi connectivity index (χ0) is 28.1. The molecule has 4 rings (SSSR count). The van der Waals surface area contributed by atoms with E-state index in [0.29, 0.717) is 37.9 Å². The van der Waals surface area contributed by atoms with Crippen molar-refractivity contribution >= 4 is 46.5 Å². The van der Waals surface area contributed by atoms with Gasteiger partial charge in [0, 0.05) is 45.8 Å². The average Bonchev–Trinajstić information content (AvgIpc) is 3.35. The average molecular weight is 700 g/mol. The first-order chi connectivity index (χ1) is 17.7. The summed E-state index contributed by atoms with van der Waals surface area (Å²) in [5, 5.41) is 2.36. The Kier molecular flexibility index (Phi) is 11.9. The normalized spacial score (nSPS) is 21.3. The van der Waals surface area contributed by atoms with Crippen molar-refractivity contribution in [2.45, 2.75) is 44.6 Å². The van der Waals surface area contributed by atoms with Gasteiger partial charge in [-0.2, -0.15) is 43.4 Å². The molecule has 0 spiro atoms. The number of nitrogens with one attached hydrogen (secondary N) is 1. The highest BCUT2D eigenvalue weighted by molar-refractivity contribution is 14.0. The fraction of sp³-hybridized carbons (Fsp3) is 0.652. The number of carbonyl (C=O) groups is 2. The van der Waals surface area contributed by atoms with Crippen LogP contribution in [0.2, 0.25) is 0 Å². The largest absolute Gasteiger partial charge is 0.416 e. The Bertz CT molecular complexity index is 1060. The highest BCUT2D eigenvalue weighted by atomic mass is 127. The lowest BCUT2D eigenvalue weighted by Crippen LogP contribution is -2.60. The number of amides is 2. The van der Waals surface area contributed by atoms with E-state index >= 15 is 0 Å². The highest BCUT2D eigenvalue weighted by Gasteiger charge is 2.52. The lowest BCUT2D eigenvalue weighted by atomic mass is 9.98. The first-order valence-electron chi connectivity index (χ1n) is 12.2. The molecule has 3 aliphatic heterocycles. The summed E-state index contributed by atoms with van der Waals surface area (Å²) in [5.74, 6) is -1.99. The van der Waals surface area contributed by atoms with Gasteiger partial charge < -0.3 is 10.2 Å². The van der Waals surface area contributed by atoms with Crippen molar-refractivity contribution in [3.8, 4) is 0 Å². The number of alkyl halides is 6. The fourth-order valence-corrected chi connectivity index (χ4v) is 6.31. The molecule has 8 nitrogen and oxygen atoms in total. The van der Waals surface area contributed by atoms with E-state index in [0.717, 1.165) is 29.3 Å². The lowest BCUT2D eigenvalue weighted by Gasteiger charge is -2.43. The van der Waals surface area contributed by atoms with Crippen molar-refractivity contribution in [2.24, 2.45) is 11.8 Å². The molecule has 0 bridgehead atoms. The molecule has 1 atom stereocenters. The number of hydrogen-bond donors (Lipinski definition) is 1. The number of nitrogens with zero attached hydrogens (tertiary/aromatic N) is 3. The number of piperidine rings is 1. The van der Waals surface area contributed by atoms with Crippen LogP contribution in [0.5, 0.6) is 0 Å². The van der Waals surface area contributed by atoms with Gasteiger partial charge in [-0.15, -0.1) is 24.0 Å². The number of likely N-dealkylation sites (tertiary alicyclic amines) is 1. The van der Waals surface area contributed by atoms with Crippen LogP contribution in [-0.2, 0) is 32.5 Å². The van der Waals surface area contributed by atoms with Crippen LogP contribution in [0.3, 0.4) is 0 Å². The maximum absolute atomic E-state index is 12.6. The standard InChI is InChI=1S/C14H22F3N3O3S.C9H8F3NO.HI/c15-14(16,17)12-9-20(10-12)24(22,23)19-7-3-4-11(8-19)13(21)18-5-1-2-6-18;10-9(11,12)8-3-1-7(2-4-8)5-13-6-14;/h11-12H,1-10H2;1-4,6H,5H2,(H,13,14);1H/t11-;;/m0../s1. The molecule has 3 heterocycles. The second-order valence-electron chi connectivity index (χ2n) is 9.49. The molecule has 0 radical (unpaired) electrons. The third-order valence-corrected chi connectivity index (χ3v) is 8.72. The predicted molar refractivity (Wildman–Crippen MR) is 140 cm³/mol. The monoisotopic (exact) mass is 700 g/mol. The summed E-state index contributed by atoms with van der Waals surface area (Å²) in [5.41, 5.74) is -0.0579. The molecule has 1 aromatic carbocycles. The minimum absolute atomic E-state index is 0. The molecule has 0 unspecified atom stereocenters. The zero-order valence-corrected chi connectivity index (χ0v) is 24.0. The number of halogens is 7. The van der Waals surface area contributed by atoms with E-state index < -0.39 is 47.1 Å². The lowest BCUT2D eigenvalue weighted by molar-refractivity contribution is -0.198. The van der Waals surface area contributed by atoms with Crippen molar-refractivity contribution in [1.82, 2.24) is 18.8 Å². The van der Waals surface area contributed by atoms with Crippen molar-refractivity contribution in [2.75, 3.05) is 39.3 Å². The van der Waals surface area contributed by atoms with Crippen LogP contribution in [-0.4, -0.2) is 79.7 Å². The molecule has 1 N–H and O–H groups in total. The first-order valence-corrected chi connectivity index (χ1v) is 13.6. The van der Waals surface area contributed by atoms with Gasteiger partial charge in [-0.3, -0.25) is 9.59 Å². The first kappa shape index (κ1) is 33.5. The van der Waals surface area contributed by atoms with Gasteiger partial charge in [0.25, 0.3) is 10.2 Å². The van der Waals surface area contributed by atoms with Gasteiger partial charge in [0.2, 0.25) is 12.3 Å². The van der Waals surface area contributed by atoms with Crippen LogP contribution in [0.1, 0.15) is 36.8 Å². The van der Waals surface area contributed by atoms with Gasteiger partial charge in [-0.05, 0) is 43.4 Å². The van der Waals surface area contributed by atoms with Crippen LogP contribution in [0.15, 0.2) is 24.3 Å². The number of rotatable bonds is 6. The van der Waals surface area contributed by atoms with Crippen molar-refractivity contribution < 1.29 is 44.3 Å². The van der Waals surface area contributed by atoms with Gasteiger partial charge in [-0.25, -0.2) is 0 Å². The Morgan fingerprint density at radius 3 is 2.03 bits per heavy atom. The molecular formula is C23H31F6IN4O4S. The van der Waals surface area contributed by atoms with Crippen molar-refractivity contribution in [1.29, 1.82) is 0 Å². The molecule has 0 aromatic heterocycles. The molecule has 39 heavy (non-hydrogen) atoms. The second-order valence-corrected chi connectivity index (χ2v) is 11.4. The molecule has 3 saturated heterocycles. The third-order valence-electron chi connectivity index (χ3n) is 6.79. The highest BCUT2D eigenvalue weighted by Crippen LogP contribution is 2.36. The van der Waals surface area contributed by atoms with E-state index in [1.807, 2.05) is 0 Å². The van der Waals surface area contributed by atoms with E-state index in [1.54, 1.807) is 4.90 Å². The minimum atomic E-state index is -4.36. The summed E-state index contributed by atoms with van der Waals surface area (Å²) in [6.45, 7) is 0.953. The maximum Gasteiger partial charge on any atom is 0.416 e. The Hall–Kier alpha value is -1.66. The molecule has 0 saturated carbocycles. The SMILES string of the molecule is I.O=C([C@H]1CCCN(S(=O)(=O)N2CC(C(F)(F)F)C2)C1)N1CCCC1.O=CNCc1ccc(C(F)(F)F)cc1. The molecule has 16 heteroatoms. The van der Waals surface area contributed by atoms with Gasteiger partial charge in [-0.1, -0.05) is 12.1 Å². The minimum Gasteiger partial charge on any atom is -0.355 e. The van der Waals surface area contributed by atoms with E-state index in [1.165, 1.54) is 16.4 Å². The Balaban J connectivity index is 0.000000306. The number of hydrogen-bond acceptors (Lipinski definition) is 4. The van der Waals surface area contributed by atoms with Crippen molar-refractivity contribution in [3.05, 3.63) is 35.4 Å². The second kappa shape index (κ2) is 13.8. The van der Waals surface area contributed by atoms with Gasteiger partial charge >= 0.3 is 12.4 Å². The van der Waals surface area contributed by atoms with E-state index in [-0.39, 0.29) is 55.4 Å². The summed E-state index contributed by atoms with van der Waals surface area (Å²) in [6.07, 6.45) is -5.05. The maximum atomic E-state index is 12.6. The third kappa shape index (κ3) is 8.91. The molecule has 222 valence electrons. The topological polar surface area (TPSA) is 90.0 Å². The Morgan fingerprint density at radius 2 is 1.51 bits per heavy atom. The summed E-state index contributed by atoms with van der Waals surface area (Å²) in [6, 6.07) is 4.64. The predicted octanol–water partition coefficient (Wildman–Crippen LogP) is 3.63. The van der Waals surface area contributed by atoms with E-state index in [9.17, 15) is 44.3 Å². The number of carbonyl (C=O) groups excluding carboxylic acids is 2. The fourth-order valence-electron chi connectivity index (χ4n) is 4.52. The quantitative estimate of drug-likeness (QED) is 0.279. The summed E-state index contributed by atoms with van der Waals surface area (Å²) >= 11 is 0. The van der Waals surface area contributed by atoms with Crippen LogP contribution in [0.4, 0.5) is 26.3 Å². The summed E-state index contributed by atoms with van der Waals surface area (Å²) in [4.78, 5) is 24.1. The molecule has 0 aliphatic carbocycles.